The van der Waals surface area contributed by atoms with E-state index in [2.05, 4.69) is 27.4 Å². The molecule has 0 fully saturated rings. The number of aromatic nitrogens is 6. The number of rotatable bonds is 3. The molecule has 0 saturated heterocycles. The summed E-state index contributed by atoms with van der Waals surface area (Å²) < 4.78 is 242. The third-order valence-electron chi connectivity index (χ3n) is 6.76. The maximum atomic E-state index is 13.9. The molecule has 3 aromatic heterocycles. The van der Waals surface area contributed by atoms with Crippen molar-refractivity contribution in [3.63, 3.8) is 0 Å². The molecule has 0 amide bonds. The molecule has 1 aliphatic carbocycles. The second-order valence-corrected chi connectivity index (χ2v) is 11.5. The maximum Gasteiger partial charge on any atom is 1.00 e. The quantitative estimate of drug-likeness (QED) is 0.149. The fraction of sp³-hybridized carbons (Fsp3) is 0.522. The van der Waals surface area contributed by atoms with E-state index in [0.717, 1.165) is 0 Å². The third-order valence-corrected chi connectivity index (χ3v) is 7.83. The van der Waals surface area contributed by atoms with E-state index in [-0.39, 0.29) is 22.4 Å². The predicted molar refractivity (Wildman–Crippen MR) is 142 cm³/mol. The van der Waals surface area contributed by atoms with Gasteiger partial charge in [0.05, 0.1) is 15.1 Å². The molecule has 4 rings (SSSR count). The van der Waals surface area contributed by atoms with Crippen LogP contribution in [0.25, 0.3) is 0 Å². The molecule has 0 unspecified atom stereocenters. The molecule has 298 valence electrons. The Hall–Kier alpha value is -2.21. The Labute approximate surface area is 308 Å². The SMILES string of the molecule is C1=C\CCCCCC/1.FC(F)(F)c1nn([BH-](n2nc(C(F)(F)F)c(Cl)c2C(F)(F)F)n2nc(C(F)(F)F)c(Cl)c2C(F)(F)F)c(C(F)(F)F)c1Cl.[Ag+]. The van der Waals surface area contributed by atoms with Crippen molar-refractivity contribution >= 4 is 41.9 Å². The minimum absolute atomic E-state index is 0. The van der Waals surface area contributed by atoms with E-state index in [1.165, 1.54) is 38.5 Å². The van der Waals surface area contributed by atoms with Crippen LogP contribution < -0.4 is 0 Å². The van der Waals surface area contributed by atoms with Crippen molar-refractivity contribution < 1.29 is 101 Å². The van der Waals surface area contributed by atoms with Gasteiger partial charge in [0.25, 0.3) is 0 Å². The second kappa shape index (κ2) is 15.9. The Kier molecular flexibility index (Phi) is 14.0. The van der Waals surface area contributed by atoms with Gasteiger partial charge in [0.2, 0.25) is 0 Å². The summed E-state index contributed by atoms with van der Waals surface area (Å²) in [5, 5.41) is -1.08. The normalized spacial score (nSPS) is 15.9. The van der Waals surface area contributed by atoms with Gasteiger partial charge in [0.15, 0.2) is 17.1 Å². The summed E-state index contributed by atoms with van der Waals surface area (Å²) in [4.78, 5) is 0. The van der Waals surface area contributed by atoms with Crippen molar-refractivity contribution in [3.8, 4) is 0 Å². The second-order valence-electron chi connectivity index (χ2n) is 10.4. The van der Waals surface area contributed by atoms with Crippen molar-refractivity contribution in [2.45, 2.75) is 75.6 Å². The molecule has 3 aromatic rings. The smallest absolute Gasteiger partial charge is 0.391 e. The van der Waals surface area contributed by atoms with Gasteiger partial charge in [-0.15, -0.1) is 0 Å². The zero-order valence-corrected chi connectivity index (χ0v) is 28.3. The van der Waals surface area contributed by atoms with Crippen molar-refractivity contribution in [1.29, 1.82) is 0 Å². The van der Waals surface area contributed by atoms with Crippen LogP contribution in [-0.4, -0.2) is 36.2 Å². The molecule has 29 heteroatoms. The van der Waals surface area contributed by atoms with Gasteiger partial charge in [-0.3, -0.25) is 0 Å². The van der Waals surface area contributed by atoms with Gasteiger partial charge in [0, 0.05) is 0 Å². The van der Waals surface area contributed by atoms with Gasteiger partial charge in [-0.1, -0.05) is 59.8 Å². The average Bonchev–Trinajstić information content (AvgIpc) is 3.54. The summed E-state index contributed by atoms with van der Waals surface area (Å²) in [6, 6.07) is 0. The number of hydrogen-bond donors (Lipinski definition) is 0. The van der Waals surface area contributed by atoms with Crippen LogP contribution in [0.4, 0.5) is 79.0 Å². The van der Waals surface area contributed by atoms with Crippen LogP contribution in [0, 0.1) is 0 Å². The molecule has 0 radical (unpaired) electrons. The first kappa shape index (κ1) is 45.9. The maximum absolute atomic E-state index is 13.9. The largest absolute Gasteiger partial charge is 1.00 e. The molecule has 0 spiro atoms. The first-order chi connectivity index (χ1) is 22.9. The van der Waals surface area contributed by atoms with Gasteiger partial charge in [-0.2, -0.15) is 79.0 Å². The number of nitrogens with zero attached hydrogens (tertiary/aromatic N) is 6. The Morgan fingerprint density at radius 2 is 0.654 bits per heavy atom. The molecule has 0 bridgehead atoms. The fourth-order valence-electron chi connectivity index (χ4n) is 4.78. The molecule has 0 aliphatic heterocycles. The molecule has 0 aromatic carbocycles. The summed E-state index contributed by atoms with van der Waals surface area (Å²) >= 11 is 15.2. The van der Waals surface area contributed by atoms with Gasteiger partial charge in [0.1, 0.15) is 17.1 Å². The Balaban J connectivity index is 0.000000915. The summed E-state index contributed by atoms with van der Waals surface area (Å²) in [7, 11) is -5.61. The average molecular weight is 942 g/mol. The van der Waals surface area contributed by atoms with E-state index in [1.54, 1.807) is 0 Å². The molecule has 0 atom stereocenters. The van der Waals surface area contributed by atoms with E-state index < -0.39 is 107 Å². The first-order valence-corrected chi connectivity index (χ1v) is 14.6. The van der Waals surface area contributed by atoms with Crippen LogP contribution in [0.15, 0.2) is 12.2 Å². The molecule has 0 N–H and O–H groups in total. The first-order valence-electron chi connectivity index (χ1n) is 13.5. The molecule has 52 heavy (non-hydrogen) atoms. The van der Waals surface area contributed by atoms with Crippen LogP contribution >= 0.6 is 34.8 Å². The molecule has 0 saturated carbocycles. The standard InChI is InChI=1S/C15HBCl3F18N6.C8H14.Ag/c17-1-4(10(20,21)22)38-41(7(1)13(29,30)31)16(42-8(14(32,33)34)2(18)5(39-42)11(23,24)25)43-9(15(35,36)37)3(19)6(40-43)12(26,27)28;1-2-4-6-8-7-5-3-1;/h16H;1-2H,3-8H2;/q-1;;+1/b;2-1-;. The molecular weight excluding hydrogens is 927 g/mol. The fourth-order valence-corrected chi connectivity index (χ4v) is 5.83. The van der Waals surface area contributed by atoms with Gasteiger partial charge >= 0.3 is 66.6 Å². The predicted octanol–water partition coefficient (Wildman–Crippen LogP) is 10.9. The van der Waals surface area contributed by atoms with Crippen LogP contribution in [-0.2, 0) is 59.4 Å². The van der Waals surface area contributed by atoms with E-state index in [9.17, 15) is 79.0 Å². The van der Waals surface area contributed by atoms with Crippen LogP contribution in [0.2, 0.25) is 15.1 Å². The molecule has 1 aliphatic rings. The number of allylic oxidation sites excluding steroid dienone is 2. The minimum Gasteiger partial charge on any atom is -0.391 e. The third kappa shape index (κ3) is 10.1. The van der Waals surface area contributed by atoms with Crippen LogP contribution in [0.1, 0.15) is 72.7 Å². The number of alkyl halides is 18. The molecular formula is C23H15AgBCl3F18N6. The van der Waals surface area contributed by atoms with Crippen molar-refractivity contribution in [3.05, 3.63) is 61.4 Å². The number of halogens is 21. The van der Waals surface area contributed by atoms with Crippen molar-refractivity contribution in [1.82, 2.24) is 29.1 Å². The van der Waals surface area contributed by atoms with E-state index in [1.807, 2.05) is 0 Å². The molecule has 3 heterocycles. The van der Waals surface area contributed by atoms with Gasteiger partial charge in [-0.25, -0.2) is 15.3 Å². The molecule has 6 nitrogen and oxygen atoms in total. The van der Waals surface area contributed by atoms with E-state index in [4.69, 9.17) is 34.8 Å². The van der Waals surface area contributed by atoms with Gasteiger partial charge in [-0.05, 0) is 25.7 Å². The van der Waals surface area contributed by atoms with Crippen molar-refractivity contribution in [2.75, 3.05) is 0 Å². The Morgan fingerprint density at radius 1 is 0.423 bits per heavy atom. The summed E-state index contributed by atoms with van der Waals surface area (Å²) in [6.07, 6.45) is -24.3. The Morgan fingerprint density at radius 3 is 0.846 bits per heavy atom. The minimum atomic E-state index is -6.34. The summed E-state index contributed by atoms with van der Waals surface area (Å²) in [5.41, 5.74) is -17.9. The van der Waals surface area contributed by atoms with Crippen molar-refractivity contribution in [2.24, 2.45) is 0 Å². The topological polar surface area (TPSA) is 53.5 Å². The van der Waals surface area contributed by atoms with E-state index in [0.29, 0.717) is 0 Å². The zero-order valence-electron chi connectivity index (χ0n) is 24.5. The summed E-state index contributed by atoms with van der Waals surface area (Å²) in [5.74, 6) is 0. The monoisotopic (exact) mass is 940 g/mol. The zero-order chi connectivity index (χ0) is 39.3. The number of hydrogen-bond acceptors (Lipinski definition) is 3. The van der Waals surface area contributed by atoms with E-state index >= 15 is 0 Å². The van der Waals surface area contributed by atoms with Crippen LogP contribution in [0.5, 0.6) is 0 Å². The van der Waals surface area contributed by atoms with Crippen LogP contribution in [0.3, 0.4) is 0 Å². The van der Waals surface area contributed by atoms with Gasteiger partial charge < -0.3 is 13.8 Å². The Bertz CT molecular complexity index is 1540. The summed E-state index contributed by atoms with van der Waals surface area (Å²) in [6.45, 7) is 0.